The molecule has 1 aliphatic rings. The minimum absolute atomic E-state index is 0.107. The highest BCUT2D eigenvalue weighted by Gasteiger charge is 2.28. The van der Waals surface area contributed by atoms with Crippen molar-refractivity contribution in [2.24, 2.45) is 0 Å². The van der Waals surface area contributed by atoms with E-state index in [0.717, 1.165) is 25.3 Å². The molecule has 0 N–H and O–H groups in total. The maximum absolute atomic E-state index is 11.4. The second-order valence-corrected chi connectivity index (χ2v) is 6.40. The monoisotopic (exact) mass is 231 g/mol. The van der Waals surface area contributed by atoms with Crippen LogP contribution in [0, 0.1) is 0 Å². The molecule has 88 valence electrons. The summed E-state index contributed by atoms with van der Waals surface area (Å²) in [4.78, 5) is 13.6. The Kier molecular flexibility index (Phi) is 4.46. The Hall–Kier alpha value is -0.220. The fraction of sp³-hybridized carbons (Fsp3) is 0.909. The smallest absolute Gasteiger partial charge is 0.322 e. The highest BCUT2D eigenvalue weighted by Crippen LogP contribution is 2.31. The molecule has 1 saturated heterocycles. The first kappa shape index (κ1) is 12.8. The number of carbonyl (C=O) groups is 1. The average molecular weight is 231 g/mol. The van der Waals surface area contributed by atoms with Gasteiger partial charge in [0.25, 0.3) is 0 Å². The lowest BCUT2D eigenvalue weighted by Gasteiger charge is -2.26. The fourth-order valence-corrected chi connectivity index (χ4v) is 2.86. The average Bonchev–Trinajstić information content (AvgIpc) is 2.37. The highest BCUT2D eigenvalue weighted by atomic mass is 32.2. The van der Waals surface area contributed by atoms with Crippen LogP contribution in [0.3, 0.4) is 0 Å². The first-order valence-corrected chi connectivity index (χ1v) is 6.41. The number of ether oxygens (including phenoxy) is 1. The van der Waals surface area contributed by atoms with Crippen molar-refractivity contribution in [2.75, 3.05) is 26.0 Å². The third kappa shape index (κ3) is 3.68. The van der Waals surface area contributed by atoms with Crippen LogP contribution >= 0.6 is 11.8 Å². The molecule has 1 unspecified atom stereocenters. The van der Waals surface area contributed by atoms with Gasteiger partial charge in [-0.15, -0.1) is 0 Å². The van der Waals surface area contributed by atoms with E-state index in [1.807, 2.05) is 18.7 Å². The van der Waals surface area contributed by atoms with Gasteiger partial charge in [0.2, 0.25) is 0 Å². The molecular weight excluding hydrogens is 210 g/mol. The minimum Gasteiger partial charge on any atom is -0.468 e. The number of nitrogens with zero attached hydrogens (tertiary/aromatic N) is 1. The lowest BCUT2D eigenvalue weighted by atomic mass is 10.1. The van der Waals surface area contributed by atoms with Crippen molar-refractivity contribution in [3.63, 3.8) is 0 Å². The van der Waals surface area contributed by atoms with Gasteiger partial charge >= 0.3 is 5.97 Å². The van der Waals surface area contributed by atoms with Crippen LogP contribution in [0.4, 0.5) is 0 Å². The SMILES string of the molecule is COC(=O)C(C)N1CCSC(C)(C)CC1. The van der Waals surface area contributed by atoms with Crippen LogP contribution in [0.15, 0.2) is 0 Å². The second kappa shape index (κ2) is 5.21. The maximum atomic E-state index is 11.4. The van der Waals surface area contributed by atoms with E-state index >= 15 is 0 Å². The number of esters is 1. The zero-order valence-corrected chi connectivity index (χ0v) is 10.9. The summed E-state index contributed by atoms with van der Waals surface area (Å²) < 4.78 is 5.11. The molecule has 4 heteroatoms. The Morgan fingerprint density at radius 2 is 2.13 bits per heavy atom. The molecule has 0 amide bonds. The Bertz CT molecular complexity index is 231. The van der Waals surface area contributed by atoms with Crippen molar-refractivity contribution < 1.29 is 9.53 Å². The van der Waals surface area contributed by atoms with Gasteiger partial charge in [0.1, 0.15) is 6.04 Å². The third-order valence-corrected chi connectivity index (χ3v) is 4.33. The zero-order valence-electron chi connectivity index (χ0n) is 10.1. The van der Waals surface area contributed by atoms with Crippen LogP contribution < -0.4 is 0 Å². The summed E-state index contributed by atoms with van der Waals surface area (Å²) in [5, 5.41) is 0. The van der Waals surface area contributed by atoms with Gasteiger partial charge < -0.3 is 4.74 Å². The van der Waals surface area contributed by atoms with Crippen LogP contribution in [0.2, 0.25) is 0 Å². The van der Waals surface area contributed by atoms with E-state index in [1.54, 1.807) is 0 Å². The van der Waals surface area contributed by atoms with Gasteiger partial charge in [-0.2, -0.15) is 11.8 Å². The fourth-order valence-electron chi connectivity index (χ4n) is 1.74. The van der Waals surface area contributed by atoms with Crippen molar-refractivity contribution in [3.05, 3.63) is 0 Å². The Labute approximate surface area is 96.5 Å². The molecule has 1 aliphatic heterocycles. The lowest BCUT2D eigenvalue weighted by molar-refractivity contribution is -0.146. The quantitative estimate of drug-likeness (QED) is 0.677. The van der Waals surface area contributed by atoms with E-state index < -0.39 is 0 Å². The molecule has 0 aromatic carbocycles. The molecule has 0 saturated carbocycles. The molecule has 0 radical (unpaired) electrons. The Morgan fingerprint density at radius 3 is 2.73 bits per heavy atom. The predicted molar refractivity (Wildman–Crippen MR) is 64.2 cm³/mol. The van der Waals surface area contributed by atoms with Crippen molar-refractivity contribution in [1.29, 1.82) is 0 Å². The predicted octanol–water partition coefficient (Wildman–Crippen LogP) is 1.77. The van der Waals surface area contributed by atoms with E-state index in [2.05, 4.69) is 18.7 Å². The molecule has 1 fully saturated rings. The summed E-state index contributed by atoms with van der Waals surface area (Å²) in [6.45, 7) is 8.42. The summed E-state index contributed by atoms with van der Waals surface area (Å²) in [7, 11) is 1.45. The van der Waals surface area contributed by atoms with E-state index in [0.29, 0.717) is 4.75 Å². The summed E-state index contributed by atoms with van der Waals surface area (Å²) in [5.41, 5.74) is 0. The van der Waals surface area contributed by atoms with E-state index in [4.69, 9.17) is 4.74 Å². The van der Waals surface area contributed by atoms with E-state index in [9.17, 15) is 4.79 Å². The van der Waals surface area contributed by atoms with E-state index in [1.165, 1.54) is 7.11 Å². The molecule has 1 rings (SSSR count). The van der Waals surface area contributed by atoms with Gasteiger partial charge in [-0.1, -0.05) is 13.8 Å². The first-order valence-electron chi connectivity index (χ1n) is 5.42. The second-order valence-electron chi connectivity index (χ2n) is 4.59. The highest BCUT2D eigenvalue weighted by molar-refractivity contribution is 8.00. The van der Waals surface area contributed by atoms with Gasteiger partial charge in [-0.05, 0) is 13.3 Å². The number of hydrogen-bond acceptors (Lipinski definition) is 4. The molecule has 1 atom stereocenters. The summed E-state index contributed by atoms with van der Waals surface area (Å²) in [6, 6.07) is -0.107. The largest absolute Gasteiger partial charge is 0.468 e. The molecular formula is C11H21NO2S. The summed E-state index contributed by atoms with van der Waals surface area (Å²) >= 11 is 1.99. The molecule has 0 aliphatic carbocycles. The van der Waals surface area contributed by atoms with Crippen molar-refractivity contribution in [1.82, 2.24) is 4.90 Å². The molecule has 0 aromatic rings. The number of methoxy groups -OCH3 is 1. The normalized spacial score (nSPS) is 24.3. The van der Waals surface area contributed by atoms with Gasteiger partial charge in [0, 0.05) is 23.6 Å². The van der Waals surface area contributed by atoms with Gasteiger partial charge in [0.05, 0.1) is 7.11 Å². The van der Waals surface area contributed by atoms with Gasteiger partial charge in [-0.3, -0.25) is 9.69 Å². The lowest BCUT2D eigenvalue weighted by Crippen LogP contribution is -2.41. The number of hydrogen-bond donors (Lipinski definition) is 0. The van der Waals surface area contributed by atoms with Crippen LogP contribution in [-0.2, 0) is 9.53 Å². The standard InChI is InChI=1S/C11H21NO2S/c1-9(10(13)14-4)12-6-5-11(2,3)15-8-7-12/h9H,5-8H2,1-4H3. The molecule has 0 aromatic heterocycles. The van der Waals surface area contributed by atoms with Gasteiger partial charge in [0.15, 0.2) is 0 Å². The zero-order chi connectivity index (χ0) is 11.5. The van der Waals surface area contributed by atoms with E-state index in [-0.39, 0.29) is 12.0 Å². The molecule has 15 heavy (non-hydrogen) atoms. The Balaban J connectivity index is 2.54. The third-order valence-electron chi connectivity index (χ3n) is 2.96. The van der Waals surface area contributed by atoms with Gasteiger partial charge in [-0.25, -0.2) is 0 Å². The summed E-state index contributed by atoms with van der Waals surface area (Å²) in [5.74, 6) is 0.966. The van der Waals surface area contributed by atoms with Crippen molar-refractivity contribution in [2.45, 2.75) is 38.0 Å². The first-order chi connectivity index (χ1) is 6.96. The number of rotatable bonds is 2. The topological polar surface area (TPSA) is 29.5 Å². The minimum atomic E-state index is -0.125. The Morgan fingerprint density at radius 1 is 1.47 bits per heavy atom. The number of thioether (sulfide) groups is 1. The maximum Gasteiger partial charge on any atom is 0.322 e. The number of carbonyl (C=O) groups excluding carboxylic acids is 1. The van der Waals surface area contributed by atoms with Crippen molar-refractivity contribution >= 4 is 17.7 Å². The summed E-state index contributed by atoms with van der Waals surface area (Å²) in [6.07, 6.45) is 1.12. The van der Waals surface area contributed by atoms with Crippen molar-refractivity contribution in [3.8, 4) is 0 Å². The molecule has 0 bridgehead atoms. The molecule has 1 heterocycles. The molecule has 3 nitrogen and oxygen atoms in total. The van der Waals surface area contributed by atoms with Crippen LogP contribution in [0.5, 0.6) is 0 Å². The van der Waals surface area contributed by atoms with Crippen LogP contribution in [0.25, 0.3) is 0 Å². The van der Waals surface area contributed by atoms with Crippen LogP contribution in [0.1, 0.15) is 27.2 Å². The van der Waals surface area contributed by atoms with Crippen LogP contribution in [-0.4, -0.2) is 47.6 Å². The molecule has 0 spiro atoms.